The molecule has 0 atom stereocenters. The van der Waals surface area contributed by atoms with Crippen molar-refractivity contribution in [2.45, 2.75) is 25.4 Å². The van der Waals surface area contributed by atoms with Crippen molar-refractivity contribution in [3.8, 4) is 0 Å². The molecule has 1 aliphatic rings. The molecule has 1 fully saturated rings. The van der Waals surface area contributed by atoms with Crippen LogP contribution >= 0.6 is 0 Å². The number of anilines is 1. The largest absolute Gasteiger partial charge is 0.416 e. The molecule has 154 valence electrons. The van der Waals surface area contributed by atoms with Crippen LogP contribution in [0.2, 0.25) is 0 Å². The predicted molar refractivity (Wildman–Crippen MR) is 105 cm³/mol. The number of likely N-dealkylation sites (tertiary alicyclic amines) is 1. The fraction of sp³-hybridized carbons (Fsp3) is 0.333. The molecule has 0 bridgehead atoms. The number of rotatable bonds is 5. The van der Waals surface area contributed by atoms with Crippen molar-refractivity contribution in [1.82, 2.24) is 9.88 Å². The minimum atomic E-state index is -4.32. The van der Waals surface area contributed by atoms with Crippen LogP contribution in [0.4, 0.5) is 18.9 Å². The van der Waals surface area contributed by atoms with Crippen LogP contribution < -0.4 is 10.9 Å². The number of nitrogens with one attached hydrogen (secondary N) is 2. The van der Waals surface area contributed by atoms with E-state index in [-0.39, 0.29) is 11.5 Å². The Bertz CT molecular complexity index is 903. The highest BCUT2D eigenvalue weighted by Gasteiger charge is 2.29. The van der Waals surface area contributed by atoms with E-state index in [0.717, 1.165) is 43.6 Å². The summed E-state index contributed by atoms with van der Waals surface area (Å²) in [5.74, 6) is -0.122. The zero-order chi connectivity index (χ0) is 20.9. The maximum Gasteiger partial charge on any atom is 0.416 e. The van der Waals surface area contributed by atoms with Crippen molar-refractivity contribution >= 4 is 17.7 Å². The van der Waals surface area contributed by atoms with Gasteiger partial charge in [-0.2, -0.15) is 13.2 Å². The summed E-state index contributed by atoms with van der Waals surface area (Å²) in [6.07, 6.45) is 1.07. The molecular formula is C21H22F3N3O2. The van der Waals surface area contributed by atoms with Gasteiger partial charge in [0.15, 0.2) is 0 Å². The topological polar surface area (TPSA) is 65.2 Å². The maximum absolute atomic E-state index is 12.6. The van der Waals surface area contributed by atoms with Crippen molar-refractivity contribution < 1.29 is 18.0 Å². The highest BCUT2D eigenvalue weighted by molar-refractivity contribution is 5.90. The molecule has 1 aromatic carbocycles. The number of amides is 1. The summed E-state index contributed by atoms with van der Waals surface area (Å²) in [5, 5.41) is 2.74. The first-order valence-corrected chi connectivity index (χ1v) is 9.37. The van der Waals surface area contributed by atoms with Crippen molar-refractivity contribution in [1.29, 1.82) is 0 Å². The molecule has 0 radical (unpaired) electrons. The van der Waals surface area contributed by atoms with Crippen LogP contribution in [-0.2, 0) is 11.0 Å². The average Bonchev–Trinajstić information content (AvgIpc) is 2.69. The molecule has 0 saturated carbocycles. The summed E-state index contributed by atoms with van der Waals surface area (Å²) in [4.78, 5) is 27.7. The minimum Gasteiger partial charge on any atom is -0.327 e. The number of piperidine rings is 1. The Morgan fingerprint density at radius 2 is 1.79 bits per heavy atom. The van der Waals surface area contributed by atoms with Gasteiger partial charge in [-0.05, 0) is 36.6 Å². The molecule has 1 aliphatic heterocycles. The van der Waals surface area contributed by atoms with Gasteiger partial charge in [0, 0.05) is 38.3 Å². The second-order valence-electron chi connectivity index (χ2n) is 7.00. The molecule has 1 saturated heterocycles. The Morgan fingerprint density at radius 3 is 2.38 bits per heavy atom. The lowest BCUT2D eigenvalue weighted by Gasteiger charge is -2.28. The lowest BCUT2D eigenvalue weighted by Crippen LogP contribution is -2.33. The van der Waals surface area contributed by atoms with Gasteiger partial charge < -0.3 is 15.2 Å². The second-order valence-corrected chi connectivity index (χ2v) is 7.00. The van der Waals surface area contributed by atoms with Gasteiger partial charge in [0.05, 0.1) is 11.3 Å². The van der Waals surface area contributed by atoms with Crippen molar-refractivity contribution in [2.24, 2.45) is 0 Å². The third kappa shape index (κ3) is 6.32. The summed E-state index contributed by atoms with van der Waals surface area (Å²) >= 11 is 0. The molecule has 2 heterocycles. The first kappa shape index (κ1) is 20.9. The molecular weight excluding hydrogens is 383 g/mol. The fourth-order valence-corrected chi connectivity index (χ4v) is 3.18. The Labute approximate surface area is 166 Å². The van der Waals surface area contributed by atoms with E-state index < -0.39 is 11.7 Å². The van der Waals surface area contributed by atoms with Gasteiger partial charge in [-0.25, -0.2) is 0 Å². The monoisotopic (exact) mass is 405 g/mol. The Morgan fingerprint density at radius 1 is 1.10 bits per heavy atom. The number of H-pyrrole nitrogens is 1. The first-order chi connectivity index (χ1) is 13.8. The van der Waals surface area contributed by atoms with Gasteiger partial charge in [-0.15, -0.1) is 0 Å². The number of aromatic amines is 1. The number of aromatic nitrogens is 1. The lowest BCUT2D eigenvalue weighted by molar-refractivity contribution is -0.137. The van der Waals surface area contributed by atoms with Crippen LogP contribution in [0.15, 0.2) is 53.0 Å². The number of benzene rings is 1. The third-order valence-electron chi connectivity index (χ3n) is 4.83. The number of carbonyl (C=O) groups is 1. The number of pyridine rings is 1. The number of hydrogen-bond acceptors (Lipinski definition) is 3. The van der Waals surface area contributed by atoms with E-state index in [1.54, 1.807) is 6.07 Å². The van der Waals surface area contributed by atoms with Crippen molar-refractivity contribution in [3.63, 3.8) is 0 Å². The van der Waals surface area contributed by atoms with Crippen LogP contribution in [0, 0.1) is 0 Å². The predicted octanol–water partition coefficient (Wildman–Crippen LogP) is 3.90. The van der Waals surface area contributed by atoms with Crippen LogP contribution in [0.5, 0.6) is 0 Å². The molecule has 1 amide bonds. The second kappa shape index (κ2) is 9.09. The Kier molecular flexibility index (Phi) is 6.53. The number of nitrogens with zero attached hydrogens (tertiary/aromatic N) is 1. The van der Waals surface area contributed by atoms with Crippen LogP contribution in [0.25, 0.3) is 6.08 Å². The molecule has 3 rings (SSSR count). The zero-order valence-corrected chi connectivity index (χ0v) is 15.8. The van der Waals surface area contributed by atoms with Gasteiger partial charge >= 0.3 is 6.18 Å². The summed E-state index contributed by atoms with van der Waals surface area (Å²) in [7, 11) is 0. The van der Waals surface area contributed by atoms with Crippen molar-refractivity contribution in [2.75, 3.05) is 25.0 Å². The molecule has 5 nitrogen and oxygen atoms in total. The Balaban J connectivity index is 1.44. The summed E-state index contributed by atoms with van der Waals surface area (Å²) in [6.45, 7) is 2.24. The SMILES string of the molecule is O=C(CCN1CCC(=Cc2ccc(C(F)(F)F)cc2)CC1)Nc1ccc(=O)[nH]c1. The summed E-state index contributed by atoms with van der Waals surface area (Å²) < 4.78 is 37.9. The quantitative estimate of drug-likeness (QED) is 0.793. The van der Waals surface area contributed by atoms with E-state index in [2.05, 4.69) is 15.2 Å². The molecule has 8 heteroatoms. The molecule has 0 spiro atoms. The number of halogens is 3. The lowest BCUT2D eigenvalue weighted by atomic mass is 10.00. The highest BCUT2D eigenvalue weighted by atomic mass is 19.4. The van der Waals surface area contributed by atoms with E-state index >= 15 is 0 Å². The molecule has 29 heavy (non-hydrogen) atoms. The smallest absolute Gasteiger partial charge is 0.327 e. The van der Waals surface area contributed by atoms with Crippen LogP contribution in [0.1, 0.15) is 30.4 Å². The number of hydrogen-bond donors (Lipinski definition) is 2. The van der Waals surface area contributed by atoms with Gasteiger partial charge in [-0.3, -0.25) is 9.59 Å². The average molecular weight is 405 g/mol. The Hall–Kier alpha value is -2.87. The van der Waals surface area contributed by atoms with Gasteiger partial charge in [-0.1, -0.05) is 23.8 Å². The number of alkyl halides is 3. The van der Waals surface area contributed by atoms with Crippen LogP contribution in [-0.4, -0.2) is 35.4 Å². The molecule has 2 N–H and O–H groups in total. The zero-order valence-electron chi connectivity index (χ0n) is 15.8. The van der Waals surface area contributed by atoms with Gasteiger partial charge in [0.2, 0.25) is 11.5 Å². The first-order valence-electron chi connectivity index (χ1n) is 9.37. The summed E-state index contributed by atoms with van der Waals surface area (Å²) in [5.41, 5.74) is 1.64. The van der Waals surface area contributed by atoms with Gasteiger partial charge in [0.1, 0.15) is 0 Å². The van der Waals surface area contributed by atoms with E-state index in [1.165, 1.54) is 30.0 Å². The van der Waals surface area contributed by atoms with Gasteiger partial charge in [0.25, 0.3) is 0 Å². The normalized spacial score (nSPS) is 15.2. The summed E-state index contributed by atoms with van der Waals surface area (Å²) in [6, 6.07) is 8.08. The molecule has 2 aromatic rings. The highest BCUT2D eigenvalue weighted by Crippen LogP contribution is 2.29. The van der Waals surface area contributed by atoms with Crippen molar-refractivity contribution in [3.05, 3.63) is 69.6 Å². The maximum atomic E-state index is 12.6. The molecule has 0 unspecified atom stereocenters. The van der Waals surface area contributed by atoms with E-state index in [4.69, 9.17) is 0 Å². The standard InChI is InChI=1S/C21H22F3N3O2/c22-21(23,24)17-3-1-15(2-4-17)13-16-7-10-27(11-8-16)12-9-20(29)26-18-5-6-19(28)25-14-18/h1-6,13-14H,7-12H2,(H,25,28)(H,26,29). The fourth-order valence-electron chi connectivity index (χ4n) is 3.18. The van der Waals surface area contributed by atoms with E-state index in [9.17, 15) is 22.8 Å². The van der Waals surface area contributed by atoms with Crippen LogP contribution in [0.3, 0.4) is 0 Å². The minimum absolute atomic E-state index is 0.122. The van der Waals surface area contributed by atoms with E-state index in [0.29, 0.717) is 18.7 Å². The van der Waals surface area contributed by atoms with E-state index in [1.807, 2.05) is 6.08 Å². The molecule has 0 aliphatic carbocycles. The molecule has 1 aromatic heterocycles. The third-order valence-corrected chi connectivity index (χ3v) is 4.83. The number of carbonyl (C=O) groups excluding carboxylic acids is 1.